The molecular formula is C18H18F5NO2. The van der Waals surface area contributed by atoms with Gasteiger partial charge in [0.2, 0.25) is 0 Å². The fourth-order valence-corrected chi connectivity index (χ4v) is 2.23. The summed E-state index contributed by atoms with van der Waals surface area (Å²) in [5.74, 6) is -4.79. The molecule has 0 aliphatic rings. The first-order valence-corrected chi connectivity index (χ1v) is 7.80. The monoisotopic (exact) mass is 375 g/mol. The summed E-state index contributed by atoms with van der Waals surface area (Å²) in [4.78, 5) is 0. The van der Waals surface area contributed by atoms with Crippen molar-refractivity contribution in [1.29, 1.82) is 0 Å². The Morgan fingerprint density at radius 3 is 2.15 bits per heavy atom. The van der Waals surface area contributed by atoms with E-state index < -0.39 is 23.7 Å². The second kappa shape index (κ2) is 7.90. The van der Waals surface area contributed by atoms with Gasteiger partial charge in [-0.2, -0.15) is 22.0 Å². The van der Waals surface area contributed by atoms with E-state index in [1.165, 1.54) is 6.07 Å². The summed E-state index contributed by atoms with van der Waals surface area (Å²) in [6.45, 7) is 2.01. The van der Waals surface area contributed by atoms with Crippen LogP contribution < -0.4 is 15.2 Å². The number of nitrogens with two attached hydrogens (primary N) is 1. The average molecular weight is 375 g/mol. The molecule has 0 aliphatic heterocycles. The maximum atomic E-state index is 13.5. The van der Waals surface area contributed by atoms with Gasteiger partial charge in [-0.1, -0.05) is 36.4 Å². The topological polar surface area (TPSA) is 44.5 Å². The molecule has 2 N–H and O–H groups in total. The molecule has 0 aliphatic carbocycles. The lowest BCUT2D eigenvalue weighted by Gasteiger charge is -2.26. The maximum absolute atomic E-state index is 13.5. The van der Waals surface area contributed by atoms with Crippen LogP contribution >= 0.6 is 0 Å². The quantitative estimate of drug-likeness (QED) is 0.703. The van der Waals surface area contributed by atoms with Crippen molar-refractivity contribution in [3.05, 3.63) is 59.7 Å². The van der Waals surface area contributed by atoms with E-state index in [0.717, 1.165) is 17.7 Å². The average Bonchev–Trinajstić information content (AvgIpc) is 2.60. The third kappa shape index (κ3) is 4.43. The molecule has 0 amide bonds. The van der Waals surface area contributed by atoms with Crippen LogP contribution in [0.15, 0.2) is 48.5 Å². The van der Waals surface area contributed by atoms with Crippen molar-refractivity contribution < 1.29 is 31.4 Å². The highest BCUT2D eigenvalue weighted by atomic mass is 19.4. The lowest BCUT2D eigenvalue weighted by Crippen LogP contribution is -2.45. The van der Waals surface area contributed by atoms with Crippen molar-refractivity contribution in [3.63, 3.8) is 0 Å². The highest BCUT2D eigenvalue weighted by Crippen LogP contribution is 2.44. The summed E-state index contributed by atoms with van der Waals surface area (Å²) >= 11 is 0. The molecule has 0 fully saturated rings. The van der Waals surface area contributed by atoms with Crippen LogP contribution in [0.2, 0.25) is 0 Å². The molecule has 0 heterocycles. The number of rotatable bonds is 7. The van der Waals surface area contributed by atoms with Gasteiger partial charge in [0.05, 0.1) is 6.61 Å². The predicted octanol–water partition coefficient (Wildman–Crippen LogP) is 4.86. The molecule has 142 valence electrons. The Kier molecular flexibility index (Phi) is 6.07. The second-order valence-electron chi connectivity index (χ2n) is 5.51. The Bertz CT molecular complexity index is 719. The van der Waals surface area contributed by atoms with Crippen LogP contribution in [0, 0.1) is 0 Å². The molecule has 2 rings (SSSR count). The van der Waals surface area contributed by atoms with Crippen LogP contribution in [0.5, 0.6) is 11.5 Å². The first-order chi connectivity index (χ1) is 12.2. The summed E-state index contributed by atoms with van der Waals surface area (Å²) in [5, 5.41) is 0. The molecule has 0 radical (unpaired) electrons. The number of alkyl halides is 5. The van der Waals surface area contributed by atoms with Gasteiger partial charge < -0.3 is 15.2 Å². The molecule has 26 heavy (non-hydrogen) atoms. The summed E-state index contributed by atoms with van der Waals surface area (Å²) < 4.78 is 75.4. The van der Waals surface area contributed by atoms with E-state index in [-0.39, 0.29) is 24.7 Å². The van der Waals surface area contributed by atoms with Crippen molar-refractivity contribution >= 4 is 0 Å². The predicted molar refractivity (Wildman–Crippen MR) is 86.3 cm³/mol. The number of hydrogen-bond donors (Lipinski definition) is 1. The molecule has 0 saturated carbocycles. The van der Waals surface area contributed by atoms with E-state index in [1.54, 1.807) is 6.92 Å². The van der Waals surface area contributed by atoms with Gasteiger partial charge in [-0.05, 0) is 30.2 Å². The Morgan fingerprint density at radius 2 is 1.58 bits per heavy atom. The van der Waals surface area contributed by atoms with Gasteiger partial charge in [0.1, 0.15) is 12.6 Å². The van der Waals surface area contributed by atoms with Gasteiger partial charge in [0.15, 0.2) is 11.5 Å². The van der Waals surface area contributed by atoms with E-state index >= 15 is 0 Å². The van der Waals surface area contributed by atoms with Crippen LogP contribution in [0.1, 0.15) is 24.1 Å². The number of hydrogen-bond acceptors (Lipinski definition) is 3. The van der Waals surface area contributed by atoms with E-state index in [0.29, 0.717) is 0 Å². The van der Waals surface area contributed by atoms with Gasteiger partial charge in [0, 0.05) is 0 Å². The third-order valence-corrected chi connectivity index (χ3v) is 3.63. The van der Waals surface area contributed by atoms with E-state index in [1.807, 2.05) is 30.3 Å². The Labute approximate surface area is 147 Å². The van der Waals surface area contributed by atoms with Crippen molar-refractivity contribution in [3.8, 4) is 11.5 Å². The van der Waals surface area contributed by atoms with Crippen molar-refractivity contribution in [2.24, 2.45) is 5.73 Å². The molecule has 0 aromatic heterocycles. The van der Waals surface area contributed by atoms with Crippen LogP contribution in [0.3, 0.4) is 0 Å². The highest BCUT2D eigenvalue weighted by molar-refractivity contribution is 5.44. The maximum Gasteiger partial charge on any atom is 0.455 e. The summed E-state index contributed by atoms with van der Waals surface area (Å²) in [6.07, 6.45) is -5.75. The largest absolute Gasteiger partial charge is 0.490 e. The van der Waals surface area contributed by atoms with Crippen LogP contribution in [0.4, 0.5) is 22.0 Å². The van der Waals surface area contributed by atoms with E-state index in [2.05, 4.69) is 0 Å². The molecule has 0 bridgehead atoms. The standard InChI is InChI=1S/C18H18F5NO2/c1-2-25-15-10-13(16(24)17(19,20)18(21,22)23)8-9-14(15)26-11-12-6-4-3-5-7-12/h3-10,16H,2,11,24H2,1H3/t16-/m0/s1. The number of ether oxygens (including phenoxy) is 2. The molecule has 8 heteroatoms. The zero-order valence-electron chi connectivity index (χ0n) is 13.9. The van der Waals surface area contributed by atoms with Gasteiger partial charge in [-0.15, -0.1) is 0 Å². The molecule has 0 unspecified atom stereocenters. The summed E-state index contributed by atoms with van der Waals surface area (Å²) in [5.41, 5.74) is 5.63. The van der Waals surface area contributed by atoms with Gasteiger partial charge >= 0.3 is 12.1 Å². The molecule has 2 aromatic rings. The Hall–Kier alpha value is -2.35. The molecule has 1 atom stereocenters. The minimum absolute atomic E-state index is 0.0503. The summed E-state index contributed by atoms with van der Waals surface area (Å²) in [6, 6.07) is 9.99. The van der Waals surface area contributed by atoms with Crippen LogP contribution in [0.25, 0.3) is 0 Å². The fourth-order valence-electron chi connectivity index (χ4n) is 2.23. The van der Waals surface area contributed by atoms with Gasteiger partial charge in [-0.3, -0.25) is 0 Å². The highest BCUT2D eigenvalue weighted by Gasteiger charge is 2.61. The lowest BCUT2D eigenvalue weighted by molar-refractivity contribution is -0.291. The normalized spacial score (nSPS) is 13.3. The lowest BCUT2D eigenvalue weighted by atomic mass is 10.0. The number of halogens is 5. The van der Waals surface area contributed by atoms with Gasteiger partial charge in [-0.25, -0.2) is 0 Å². The van der Waals surface area contributed by atoms with E-state index in [9.17, 15) is 22.0 Å². The number of benzene rings is 2. The minimum Gasteiger partial charge on any atom is -0.490 e. The third-order valence-electron chi connectivity index (χ3n) is 3.63. The SMILES string of the molecule is CCOc1cc([C@H](N)C(F)(F)C(F)(F)F)ccc1OCc1ccccc1. The van der Waals surface area contributed by atoms with Crippen LogP contribution in [-0.2, 0) is 6.61 Å². The Morgan fingerprint density at radius 1 is 0.923 bits per heavy atom. The first-order valence-electron chi connectivity index (χ1n) is 7.80. The fraction of sp³-hybridized carbons (Fsp3) is 0.333. The Balaban J connectivity index is 2.25. The molecule has 0 spiro atoms. The van der Waals surface area contributed by atoms with Crippen molar-refractivity contribution in [2.75, 3.05) is 6.61 Å². The first kappa shape index (κ1) is 20.0. The second-order valence-corrected chi connectivity index (χ2v) is 5.51. The van der Waals surface area contributed by atoms with Crippen LogP contribution in [-0.4, -0.2) is 18.7 Å². The summed E-state index contributed by atoms with van der Waals surface area (Å²) in [7, 11) is 0. The van der Waals surface area contributed by atoms with Gasteiger partial charge in [0.25, 0.3) is 0 Å². The zero-order valence-corrected chi connectivity index (χ0v) is 13.9. The zero-order chi connectivity index (χ0) is 19.4. The molecule has 2 aromatic carbocycles. The van der Waals surface area contributed by atoms with Crippen molar-refractivity contribution in [1.82, 2.24) is 0 Å². The van der Waals surface area contributed by atoms with E-state index in [4.69, 9.17) is 15.2 Å². The smallest absolute Gasteiger partial charge is 0.455 e. The minimum atomic E-state index is -5.75. The van der Waals surface area contributed by atoms with Crippen molar-refractivity contribution in [2.45, 2.75) is 31.7 Å². The molecule has 3 nitrogen and oxygen atoms in total. The molecule has 0 saturated heterocycles. The molecular weight excluding hydrogens is 357 g/mol.